The summed E-state index contributed by atoms with van der Waals surface area (Å²) in [6.07, 6.45) is -0.334. The molecule has 3 amide bonds. The zero-order valence-electron chi connectivity index (χ0n) is 15.2. The van der Waals surface area contributed by atoms with Crippen molar-refractivity contribution in [3.63, 3.8) is 0 Å². The number of carbonyl (C=O) groups is 3. The fourth-order valence-corrected chi connectivity index (χ4v) is 3.35. The third-order valence-electron chi connectivity index (χ3n) is 4.56. The topological polar surface area (TPSA) is 88.2 Å². The maximum atomic E-state index is 12.2. The van der Waals surface area contributed by atoms with E-state index in [1.54, 1.807) is 9.80 Å². The summed E-state index contributed by atoms with van der Waals surface area (Å²) in [6, 6.07) is 5.73. The number of cyclic esters (lactones) is 1. The minimum atomic E-state index is -0.563. The molecule has 1 aromatic rings. The summed E-state index contributed by atoms with van der Waals surface area (Å²) in [5.74, 6) is 0.120. The van der Waals surface area contributed by atoms with Crippen LogP contribution in [0.2, 0.25) is 0 Å². The predicted octanol–water partition coefficient (Wildman–Crippen LogP) is 2.06. The van der Waals surface area contributed by atoms with Crippen LogP contribution in [0.5, 0.6) is 0 Å². The quantitative estimate of drug-likeness (QED) is 0.887. The lowest BCUT2D eigenvalue weighted by molar-refractivity contribution is -0.119. The van der Waals surface area contributed by atoms with E-state index in [-0.39, 0.29) is 18.5 Å². The highest BCUT2D eigenvalue weighted by Gasteiger charge is 2.34. The summed E-state index contributed by atoms with van der Waals surface area (Å²) in [6.45, 7) is 4.50. The average Bonchev–Trinajstić information content (AvgIpc) is 2.99. The first-order valence-electron chi connectivity index (χ1n) is 8.65. The molecule has 2 aliphatic heterocycles. The molecule has 8 heteroatoms. The predicted molar refractivity (Wildman–Crippen MR) is 95.4 cm³/mol. The van der Waals surface area contributed by atoms with E-state index < -0.39 is 18.3 Å². The number of benzene rings is 1. The summed E-state index contributed by atoms with van der Waals surface area (Å²) in [5.41, 5.74) is 2.67. The van der Waals surface area contributed by atoms with Crippen LogP contribution in [0.4, 0.5) is 21.0 Å². The first kappa shape index (κ1) is 18.0. The molecule has 0 bridgehead atoms. The van der Waals surface area contributed by atoms with Crippen molar-refractivity contribution in [3.05, 3.63) is 23.8 Å². The molecule has 0 spiro atoms. The highest BCUT2D eigenvalue weighted by atomic mass is 16.6. The monoisotopic (exact) mass is 361 g/mol. The maximum Gasteiger partial charge on any atom is 0.414 e. The van der Waals surface area contributed by atoms with Crippen LogP contribution in [-0.4, -0.2) is 50.4 Å². The molecule has 26 heavy (non-hydrogen) atoms. The van der Waals surface area contributed by atoms with Gasteiger partial charge in [-0.15, -0.1) is 0 Å². The van der Waals surface area contributed by atoms with E-state index in [2.05, 4.69) is 10.1 Å². The summed E-state index contributed by atoms with van der Waals surface area (Å²) in [7, 11) is 1.28. The van der Waals surface area contributed by atoms with Crippen molar-refractivity contribution in [1.82, 2.24) is 5.32 Å². The SMILES string of the molecule is COC(=O)NC[C@H]1CN(c2ccc3c(c2)CCC(=O)N3C(C)C)C(=O)O1. The molecule has 0 aromatic heterocycles. The summed E-state index contributed by atoms with van der Waals surface area (Å²) >= 11 is 0. The molecule has 1 fully saturated rings. The maximum absolute atomic E-state index is 12.2. The van der Waals surface area contributed by atoms with Crippen molar-refractivity contribution in [2.45, 2.75) is 38.8 Å². The molecule has 1 saturated heterocycles. The van der Waals surface area contributed by atoms with E-state index in [4.69, 9.17) is 4.74 Å². The lowest BCUT2D eigenvalue weighted by atomic mass is 9.99. The van der Waals surface area contributed by atoms with Crippen LogP contribution in [0.15, 0.2) is 18.2 Å². The van der Waals surface area contributed by atoms with Gasteiger partial charge < -0.3 is 19.7 Å². The van der Waals surface area contributed by atoms with E-state index >= 15 is 0 Å². The van der Waals surface area contributed by atoms with E-state index in [1.807, 2.05) is 32.0 Å². The molecule has 140 valence electrons. The van der Waals surface area contributed by atoms with Gasteiger partial charge in [0.1, 0.15) is 6.10 Å². The van der Waals surface area contributed by atoms with Crippen molar-refractivity contribution in [3.8, 4) is 0 Å². The number of anilines is 2. The molecule has 3 rings (SSSR count). The third-order valence-corrected chi connectivity index (χ3v) is 4.56. The molecule has 2 heterocycles. The Kier molecular flexibility index (Phi) is 5.01. The Morgan fingerprint density at radius 1 is 1.35 bits per heavy atom. The first-order valence-corrected chi connectivity index (χ1v) is 8.65. The molecule has 0 saturated carbocycles. The number of methoxy groups -OCH3 is 1. The lowest BCUT2D eigenvalue weighted by Gasteiger charge is -2.33. The number of hydrogen-bond donors (Lipinski definition) is 1. The number of alkyl carbamates (subject to hydrolysis) is 1. The Morgan fingerprint density at radius 3 is 2.81 bits per heavy atom. The molecular weight excluding hydrogens is 338 g/mol. The Hall–Kier alpha value is -2.77. The summed E-state index contributed by atoms with van der Waals surface area (Å²) < 4.78 is 9.81. The Morgan fingerprint density at radius 2 is 2.12 bits per heavy atom. The number of nitrogens with zero attached hydrogens (tertiary/aromatic N) is 2. The van der Waals surface area contributed by atoms with Gasteiger partial charge in [0.2, 0.25) is 5.91 Å². The van der Waals surface area contributed by atoms with Gasteiger partial charge in [0.05, 0.1) is 20.2 Å². The van der Waals surface area contributed by atoms with Crippen LogP contribution < -0.4 is 15.1 Å². The van der Waals surface area contributed by atoms with Crippen LogP contribution in [0.3, 0.4) is 0 Å². The van der Waals surface area contributed by atoms with Gasteiger partial charge in [0.25, 0.3) is 0 Å². The minimum Gasteiger partial charge on any atom is -0.453 e. The van der Waals surface area contributed by atoms with E-state index in [1.165, 1.54) is 7.11 Å². The fraction of sp³-hybridized carbons (Fsp3) is 0.500. The zero-order chi connectivity index (χ0) is 18.8. The Labute approximate surface area is 152 Å². The molecule has 8 nitrogen and oxygen atoms in total. The van der Waals surface area contributed by atoms with Gasteiger partial charge in [0.15, 0.2) is 0 Å². The van der Waals surface area contributed by atoms with Gasteiger partial charge in [-0.25, -0.2) is 9.59 Å². The van der Waals surface area contributed by atoms with E-state index in [0.29, 0.717) is 19.4 Å². The van der Waals surface area contributed by atoms with E-state index in [0.717, 1.165) is 16.9 Å². The molecule has 1 atom stereocenters. The smallest absolute Gasteiger partial charge is 0.414 e. The van der Waals surface area contributed by atoms with Crippen LogP contribution in [-0.2, 0) is 20.7 Å². The first-order chi connectivity index (χ1) is 12.4. The van der Waals surface area contributed by atoms with Crippen molar-refractivity contribution in [2.24, 2.45) is 0 Å². The van der Waals surface area contributed by atoms with Crippen molar-refractivity contribution < 1.29 is 23.9 Å². The summed E-state index contributed by atoms with van der Waals surface area (Å²) in [5, 5.41) is 2.53. The number of amides is 3. The van der Waals surface area contributed by atoms with Crippen LogP contribution in [0.25, 0.3) is 0 Å². The van der Waals surface area contributed by atoms with E-state index in [9.17, 15) is 14.4 Å². The standard InChI is InChI=1S/C18H23N3O5/c1-11(2)21-15-6-5-13(8-12(15)4-7-16(21)22)20-10-14(26-18(20)24)9-19-17(23)25-3/h5-6,8,11,14H,4,7,9-10H2,1-3H3,(H,19,23)/t14-/m0/s1. The highest BCUT2D eigenvalue weighted by molar-refractivity contribution is 5.98. The molecule has 2 aliphatic rings. The Bertz CT molecular complexity index is 734. The van der Waals surface area contributed by atoms with Gasteiger partial charge in [0, 0.05) is 23.8 Å². The fourth-order valence-electron chi connectivity index (χ4n) is 3.35. The van der Waals surface area contributed by atoms with Crippen molar-refractivity contribution in [2.75, 3.05) is 30.0 Å². The molecule has 0 radical (unpaired) electrons. The third kappa shape index (κ3) is 3.44. The number of ether oxygens (including phenoxy) is 2. The molecule has 0 unspecified atom stereocenters. The molecule has 0 aliphatic carbocycles. The largest absolute Gasteiger partial charge is 0.453 e. The average molecular weight is 361 g/mol. The second-order valence-electron chi connectivity index (χ2n) is 6.66. The second-order valence-corrected chi connectivity index (χ2v) is 6.66. The van der Waals surface area contributed by atoms with Crippen LogP contribution >= 0.6 is 0 Å². The normalized spacial score (nSPS) is 19.5. The van der Waals surface area contributed by atoms with Gasteiger partial charge in [-0.05, 0) is 44.0 Å². The molecular formula is C18H23N3O5. The second kappa shape index (κ2) is 7.23. The highest BCUT2D eigenvalue weighted by Crippen LogP contribution is 2.34. The number of rotatable bonds is 4. The number of aryl methyl sites for hydroxylation is 1. The molecule has 1 N–H and O–H groups in total. The van der Waals surface area contributed by atoms with Crippen molar-refractivity contribution in [1.29, 1.82) is 0 Å². The lowest BCUT2D eigenvalue weighted by Crippen LogP contribution is -2.40. The van der Waals surface area contributed by atoms with Crippen LogP contribution in [0, 0.1) is 0 Å². The van der Waals surface area contributed by atoms with Gasteiger partial charge in [-0.1, -0.05) is 0 Å². The molecule has 1 aromatic carbocycles. The summed E-state index contributed by atoms with van der Waals surface area (Å²) in [4.78, 5) is 38.9. The van der Waals surface area contributed by atoms with Crippen molar-refractivity contribution >= 4 is 29.5 Å². The van der Waals surface area contributed by atoms with Gasteiger partial charge in [-0.3, -0.25) is 9.69 Å². The van der Waals surface area contributed by atoms with Crippen LogP contribution in [0.1, 0.15) is 25.8 Å². The van der Waals surface area contributed by atoms with Gasteiger partial charge >= 0.3 is 12.2 Å². The number of hydrogen-bond acceptors (Lipinski definition) is 5. The zero-order valence-corrected chi connectivity index (χ0v) is 15.2. The number of nitrogens with one attached hydrogen (secondary N) is 1. The number of carbonyl (C=O) groups excluding carboxylic acids is 3. The minimum absolute atomic E-state index is 0.0814. The van der Waals surface area contributed by atoms with Gasteiger partial charge in [-0.2, -0.15) is 0 Å². The number of fused-ring (bicyclic) bond motifs is 1. The Balaban J connectivity index is 1.75.